The van der Waals surface area contributed by atoms with Gasteiger partial charge in [-0.2, -0.15) is 5.26 Å². The van der Waals surface area contributed by atoms with Crippen LogP contribution >= 0.6 is 23.4 Å². The molecule has 4 heterocycles. The number of aromatic nitrogens is 4. The number of nitrogen functional groups attached to an aromatic ring is 1. The van der Waals surface area contributed by atoms with Gasteiger partial charge in [-0.15, -0.1) is 0 Å². The molecule has 0 saturated carbocycles. The summed E-state index contributed by atoms with van der Waals surface area (Å²) in [4.78, 5) is 16.9. The number of rotatable bonds is 3. The Kier molecular flexibility index (Phi) is 5.33. The monoisotopic (exact) mass is 502 g/mol. The third kappa shape index (κ3) is 3.52. The van der Waals surface area contributed by atoms with E-state index in [0.29, 0.717) is 26.2 Å². The second-order valence-corrected chi connectivity index (χ2v) is 10.6. The van der Waals surface area contributed by atoms with Gasteiger partial charge in [-0.05, 0) is 41.9 Å². The van der Waals surface area contributed by atoms with E-state index >= 15 is 0 Å². The molecule has 3 aromatic heterocycles. The number of pyridine rings is 1. The van der Waals surface area contributed by atoms with E-state index in [1.165, 1.54) is 22.9 Å². The molecule has 1 aromatic carbocycles. The molecule has 1 fully saturated rings. The van der Waals surface area contributed by atoms with Crippen LogP contribution in [0.1, 0.15) is 35.7 Å². The van der Waals surface area contributed by atoms with Crippen LogP contribution in [0, 0.1) is 16.7 Å². The molecule has 1 aliphatic heterocycles. The number of anilines is 2. The highest BCUT2D eigenvalue weighted by molar-refractivity contribution is 7.99. The Labute approximate surface area is 211 Å². The van der Waals surface area contributed by atoms with Crippen molar-refractivity contribution < 1.29 is 0 Å². The molecule has 176 valence electrons. The quantitative estimate of drug-likeness (QED) is 0.427. The average molecular weight is 503 g/mol. The molecule has 1 aliphatic carbocycles. The van der Waals surface area contributed by atoms with E-state index in [1.54, 1.807) is 18.5 Å². The van der Waals surface area contributed by atoms with Crippen molar-refractivity contribution in [3.05, 3.63) is 70.8 Å². The summed E-state index contributed by atoms with van der Waals surface area (Å²) in [5.74, 6) is 0.964. The molecule has 10 heteroatoms. The number of fused-ring (bicyclic) bond motifs is 2. The van der Waals surface area contributed by atoms with Crippen molar-refractivity contribution in [1.82, 2.24) is 19.4 Å². The van der Waals surface area contributed by atoms with Crippen LogP contribution in [0.5, 0.6) is 0 Å². The van der Waals surface area contributed by atoms with Gasteiger partial charge in [0.25, 0.3) is 0 Å². The minimum absolute atomic E-state index is 0.0491. The van der Waals surface area contributed by atoms with Crippen LogP contribution in [0.2, 0.25) is 5.02 Å². The Morgan fingerprint density at radius 3 is 2.71 bits per heavy atom. The smallest absolute Gasteiger partial charge is 0.212 e. The van der Waals surface area contributed by atoms with E-state index in [-0.39, 0.29) is 17.3 Å². The summed E-state index contributed by atoms with van der Waals surface area (Å²) in [6, 6.07) is 12.6. The maximum absolute atomic E-state index is 9.97. The molecule has 0 unspecified atom stereocenters. The van der Waals surface area contributed by atoms with Gasteiger partial charge in [-0.25, -0.2) is 15.0 Å². The van der Waals surface area contributed by atoms with Crippen molar-refractivity contribution in [1.29, 1.82) is 5.26 Å². The lowest BCUT2D eigenvalue weighted by molar-refractivity contribution is 0.186. The fourth-order valence-electron chi connectivity index (χ4n) is 5.42. The van der Waals surface area contributed by atoms with Crippen molar-refractivity contribution in [2.75, 3.05) is 23.7 Å². The third-order valence-corrected chi connectivity index (χ3v) is 8.97. The molecule has 1 saturated heterocycles. The van der Waals surface area contributed by atoms with E-state index in [0.717, 1.165) is 38.3 Å². The first kappa shape index (κ1) is 22.2. The van der Waals surface area contributed by atoms with E-state index in [2.05, 4.69) is 45.2 Å². The highest BCUT2D eigenvalue weighted by atomic mass is 35.5. The topological polar surface area (TPSA) is 122 Å². The second-order valence-electron chi connectivity index (χ2n) is 9.14. The normalized spacial score (nSPS) is 18.7. The van der Waals surface area contributed by atoms with Gasteiger partial charge in [-0.3, -0.25) is 4.40 Å². The minimum Gasteiger partial charge on any atom is -0.382 e. The lowest BCUT2D eigenvalue weighted by Gasteiger charge is -2.42. The Balaban J connectivity index is 1.32. The summed E-state index contributed by atoms with van der Waals surface area (Å²) in [5, 5.41) is 10.3. The fourth-order valence-corrected chi connectivity index (χ4v) is 6.62. The molecule has 0 radical (unpaired) electrons. The standard InChI is InChI=1S/C25H23ClN8S/c26-19-18(5-8-30-22(19)29)35-20-17(14-27)32-24(34-12-9-31-23(20)34)33-10-6-25(7-11-33)13-15-3-1-2-4-16(15)21(25)28/h1-5,8-9,12,21H,6-7,10-11,13,28H2,(H2,29,30)/t21-/m1/s1. The molecular formula is C25H23ClN8S. The van der Waals surface area contributed by atoms with Crippen molar-refractivity contribution in [3.63, 3.8) is 0 Å². The first-order valence-corrected chi connectivity index (χ1v) is 12.6. The summed E-state index contributed by atoms with van der Waals surface area (Å²) in [5.41, 5.74) is 16.3. The first-order chi connectivity index (χ1) is 17.0. The number of halogens is 1. The van der Waals surface area contributed by atoms with E-state index in [4.69, 9.17) is 28.1 Å². The molecule has 2 aliphatic rings. The lowest BCUT2D eigenvalue weighted by atomic mass is 9.73. The number of nitrogens with two attached hydrogens (primary N) is 2. The number of imidazole rings is 1. The van der Waals surface area contributed by atoms with Gasteiger partial charge in [-0.1, -0.05) is 47.6 Å². The maximum Gasteiger partial charge on any atom is 0.212 e. The van der Waals surface area contributed by atoms with E-state index < -0.39 is 0 Å². The largest absolute Gasteiger partial charge is 0.382 e. The summed E-state index contributed by atoms with van der Waals surface area (Å²) in [6.45, 7) is 1.62. The molecule has 8 nitrogen and oxygen atoms in total. The number of nitriles is 1. The van der Waals surface area contributed by atoms with Gasteiger partial charge in [0.05, 0.1) is 9.92 Å². The zero-order valence-electron chi connectivity index (χ0n) is 18.9. The Bertz CT molecular complexity index is 1480. The molecule has 4 N–H and O–H groups in total. The predicted molar refractivity (Wildman–Crippen MR) is 136 cm³/mol. The van der Waals surface area contributed by atoms with E-state index in [1.807, 2.05) is 10.6 Å². The average Bonchev–Trinajstić information content (AvgIpc) is 3.47. The number of piperidine rings is 1. The number of hydrogen-bond acceptors (Lipinski definition) is 8. The van der Waals surface area contributed by atoms with Crippen LogP contribution in [-0.4, -0.2) is 32.4 Å². The summed E-state index contributed by atoms with van der Waals surface area (Å²) >= 11 is 7.69. The first-order valence-electron chi connectivity index (χ1n) is 11.4. The van der Waals surface area contributed by atoms with Gasteiger partial charge < -0.3 is 16.4 Å². The molecule has 0 amide bonds. The maximum atomic E-state index is 9.97. The highest BCUT2D eigenvalue weighted by Crippen LogP contribution is 2.51. The molecule has 0 bridgehead atoms. The predicted octanol–water partition coefficient (Wildman–Crippen LogP) is 4.23. The molecule has 4 aromatic rings. The Morgan fingerprint density at radius 1 is 1.14 bits per heavy atom. The lowest BCUT2D eigenvalue weighted by Crippen LogP contribution is -2.45. The Morgan fingerprint density at radius 2 is 1.94 bits per heavy atom. The number of benzene rings is 1. The SMILES string of the molecule is N#Cc1nc(N2CCC3(CC2)Cc2ccccc2[C@H]3N)n2ccnc2c1Sc1ccnc(N)c1Cl. The highest BCUT2D eigenvalue weighted by Gasteiger charge is 2.46. The van der Waals surface area contributed by atoms with Crippen LogP contribution in [0.3, 0.4) is 0 Å². The van der Waals surface area contributed by atoms with Crippen LogP contribution in [0.25, 0.3) is 5.65 Å². The van der Waals surface area contributed by atoms with Crippen LogP contribution < -0.4 is 16.4 Å². The van der Waals surface area contributed by atoms with Crippen molar-refractivity contribution >= 4 is 40.8 Å². The molecular weight excluding hydrogens is 480 g/mol. The van der Waals surface area contributed by atoms with Crippen LogP contribution in [-0.2, 0) is 6.42 Å². The molecule has 35 heavy (non-hydrogen) atoms. The van der Waals surface area contributed by atoms with Crippen LogP contribution in [0.15, 0.2) is 58.7 Å². The van der Waals surface area contributed by atoms with Gasteiger partial charge in [0.1, 0.15) is 11.9 Å². The molecule has 1 spiro atoms. The Hall–Kier alpha value is -3.32. The van der Waals surface area contributed by atoms with Crippen molar-refractivity contribution in [3.8, 4) is 6.07 Å². The van der Waals surface area contributed by atoms with Crippen molar-refractivity contribution in [2.45, 2.75) is 35.1 Å². The summed E-state index contributed by atoms with van der Waals surface area (Å²) in [6.07, 6.45) is 8.14. The molecule has 6 rings (SSSR count). The van der Waals surface area contributed by atoms with Gasteiger partial charge in [0.15, 0.2) is 11.3 Å². The van der Waals surface area contributed by atoms with Gasteiger partial charge in [0.2, 0.25) is 5.95 Å². The number of hydrogen-bond donors (Lipinski definition) is 2. The minimum atomic E-state index is 0.0491. The van der Waals surface area contributed by atoms with Crippen molar-refractivity contribution in [2.24, 2.45) is 11.1 Å². The second kappa shape index (κ2) is 8.41. The number of nitrogens with zero attached hydrogens (tertiary/aromatic N) is 6. The fraction of sp³-hybridized carbons (Fsp3) is 0.280. The molecule has 1 atom stereocenters. The summed E-state index contributed by atoms with van der Waals surface area (Å²) in [7, 11) is 0. The third-order valence-electron chi connectivity index (χ3n) is 7.32. The van der Waals surface area contributed by atoms with Crippen LogP contribution in [0.4, 0.5) is 11.8 Å². The summed E-state index contributed by atoms with van der Waals surface area (Å²) < 4.78 is 1.95. The zero-order chi connectivity index (χ0) is 24.2. The van der Waals surface area contributed by atoms with E-state index in [9.17, 15) is 5.26 Å². The zero-order valence-corrected chi connectivity index (χ0v) is 20.4. The van der Waals surface area contributed by atoms with Gasteiger partial charge >= 0.3 is 0 Å². The van der Waals surface area contributed by atoms with Gasteiger partial charge in [0, 0.05) is 42.6 Å².